The number of carbonyl (C=O) groups is 1. The van der Waals surface area contributed by atoms with Crippen molar-refractivity contribution in [3.8, 4) is 0 Å². The van der Waals surface area contributed by atoms with E-state index in [1.165, 1.54) is 0 Å². The Bertz CT molecular complexity index is 406. The second-order valence-electron chi connectivity index (χ2n) is 4.18. The zero-order valence-corrected chi connectivity index (χ0v) is 11.4. The molecule has 0 saturated heterocycles. The van der Waals surface area contributed by atoms with E-state index < -0.39 is 0 Å². The largest absolute Gasteiger partial charge is 0.395 e. The van der Waals surface area contributed by atoms with Gasteiger partial charge in [0.05, 0.1) is 13.2 Å². The molecular formula is C13H19ClN2O2. The first-order chi connectivity index (χ1) is 8.56. The molecule has 0 spiro atoms. The van der Waals surface area contributed by atoms with E-state index in [1.807, 2.05) is 19.9 Å². The Morgan fingerprint density at radius 1 is 1.50 bits per heavy atom. The average molecular weight is 271 g/mol. The lowest BCUT2D eigenvalue weighted by Crippen LogP contribution is -2.38. The molecule has 0 radical (unpaired) electrons. The second-order valence-corrected chi connectivity index (χ2v) is 4.61. The van der Waals surface area contributed by atoms with Gasteiger partial charge in [-0.3, -0.25) is 4.79 Å². The first kappa shape index (κ1) is 15.0. The molecule has 100 valence electrons. The molecule has 0 aliphatic heterocycles. The van der Waals surface area contributed by atoms with E-state index in [2.05, 4.69) is 10.6 Å². The number of aliphatic hydroxyl groups excluding tert-OH is 1. The normalized spacial score (nSPS) is 12.2. The lowest BCUT2D eigenvalue weighted by Gasteiger charge is -2.14. The number of anilines is 1. The van der Waals surface area contributed by atoms with Crippen LogP contribution in [0.15, 0.2) is 18.2 Å². The monoisotopic (exact) mass is 270 g/mol. The van der Waals surface area contributed by atoms with Crippen molar-refractivity contribution in [1.29, 1.82) is 0 Å². The summed E-state index contributed by atoms with van der Waals surface area (Å²) in [6, 6.07) is 5.31. The van der Waals surface area contributed by atoms with Gasteiger partial charge in [0.2, 0.25) is 5.91 Å². The van der Waals surface area contributed by atoms with Crippen LogP contribution in [-0.2, 0) is 4.79 Å². The Balaban J connectivity index is 2.51. The van der Waals surface area contributed by atoms with Crippen molar-refractivity contribution in [2.24, 2.45) is 0 Å². The Morgan fingerprint density at radius 2 is 2.22 bits per heavy atom. The number of benzene rings is 1. The summed E-state index contributed by atoms with van der Waals surface area (Å²) in [5, 5.41) is 15.4. The van der Waals surface area contributed by atoms with Gasteiger partial charge in [0, 0.05) is 16.8 Å². The highest BCUT2D eigenvalue weighted by atomic mass is 35.5. The van der Waals surface area contributed by atoms with Gasteiger partial charge in [-0.05, 0) is 31.0 Å². The fourth-order valence-electron chi connectivity index (χ4n) is 1.50. The SMILES string of the molecule is CCC(CO)NCC(=O)Nc1cc(Cl)ccc1C. The van der Waals surface area contributed by atoms with Crippen LogP contribution in [0, 0.1) is 6.92 Å². The summed E-state index contributed by atoms with van der Waals surface area (Å²) in [6.45, 7) is 4.06. The number of hydrogen-bond donors (Lipinski definition) is 3. The van der Waals surface area contributed by atoms with Gasteiger partial charge < -0.3 is 15.7 Å². The molecule has 0 bridgehead atoms. The van der Waals surface area contributed by atoms with E-state index in [-0.39, 0.29) is 25.1 Å². The molecule has 1 rings (SSSR count). The van der Waals surface area contributed by atoms with Gasteiger partial charge in [0.25, 0.3) is 0 Å². The standard InChI is InChI=1S/C13H19ClN2O2/c1-3-11(8-17)15-7-13(18)16-12-6-10(14)5-4-9(12)2/h4-6,11,15,17H,3,7-8H2,1-2H3,(H,16,18). The minimum atomic E-state index is -0.146. The highest BCUT2D eigenvalue weighted by Gasteiger charge is 2.08. The van der Waals surface area contributed by atoms with Crippen LogP contribution in [0.3, 0.4) is 0 Å². The molecule has 0 heterocycles. The van der Waals surface area contributed by atoms with Gasteiger partial charge in [-0.15, -0.1) is 0 Å². The molecule has 1 aromatic rings. The summed E-state index contributed by atoms with van der Waals surface area (Å²) in [7, 11) is 0. The van der Waals surface area contributed by atoms with E-state index >= 15 is 0 Å². The van der Waals surface area contributed by atoms with Crippen molar-refractivity contribution in [3.63, 3.8) is 0 Å². The molecule has 1 amide bonds. The molecular weight excluding hydrogens is 252 g/mol. The smallest absolute Gasteiger partial charge is 0.238 e. The fourth-order valence-corrected chi connectivity index (χ4v) is 1.67. The number of aryl methyl sites for hydroxylation is 1. The topological polar surface area (TPSA) is 61.4 Å². The van der Waals surface area contributed by atoms with Crippen LogP contribution in [0.5, 0.6) is 0 Å². The summed E-state index contributed by atoms with van der Waals surface area (Å²) in [6.07, 6.45) is 0.778. The van der Waals surface area contributed by atoms with Gasteiger partial charge >= 0.3 is 0 Å². The van der Waals surface area contributed by atoms with Gasteiger partial charge in [0.15, 0.2) is 0 Å². The van der Waals surface area contributed by atoms with Crippen LogP contribution in [0.4, 0.5) is 5.69 Å². The third-order valence-corrected chi connectivity index (χ3v) is 2.97. The maximum Gasteiger partial charge on any atom is 0.238 e. The number of rotatable bonds is 6. The number of hydrogen-bond acceptors (Lipinski definition) is 3. The minimum absolute atomic E-state index is 0.0278. The van der Waals surface area contributed by atoms with Crippen LogP contribution in [0.1, 0.15) is 18.9 Å². The van der Waals surface area contributed by atoms with E-state index in [0.717, 1.165) is 12.0 Å². The number of halogens is 1. The molecule has 0 aliphatic carbocycles. The highest BCUT2D eigenvalue weighted by Crippen LogP contribution is 2.19. The molecule has 1 aromatic carbocycles. The van der Waals surface area contributed by atoms with Crippen LogP contribution >= 0.6 is 11.6 Å². The summed E-state index contributed by atoms with van der Waals surface area (Å²) in [5.41, 5.74) is 1.67. The lowest BCUT2D eigenvalue weighted by molar-refractivity contribution is -0.115. The molecule has 5 heteroatoms. The van der Waals surface area contributed by atoms with Gasteiger partial charge in [0.1, 0.15) is 0 Å². The van der Waals surface area contributed by atoms with E-state index in [4.69, 9.17) is 16.7 Å². The maximum absolute atomic E-state index is 11.7. The second kappa shape index (κ2) is 7.36. The Labute approximate surface area is 112 Å². The Kier molecular flexibility index (Phi) is 6.12. The summed E-state index contributed by atoms with van der Waals surface area (Å²) in [4.78, 5) is 11.7. The predicted molar refractivity (Wildman–Crippen MR) is 74.0 cm³/mol. The van der Waals surface area contributed by atoms with Crippen LogP contribution in [0.25, 0.3) is 0 Å². The van der Waals surface area contributed by atoms with Crippen LogP contribution in [0.2, 0.25) is 5.02 Å². The maximum atomic E-state index is 11.7. The minimum Gasteiger partial charge on any atom is -0.395 e. The van der Waals surface area contributed by atoms with Crippen molar-refractivity contribution >= 4 is 23.2 Å². The first-order valence-electron chi connectivity index (χ1n) is 5.97. The Morgan fingerprint density at radius 3 is 2.83 bits per heavy atom. The van der Waals surface area contributed by atoms with E-state index in [0.29, 0.717) is 10.7 Å². The number of aliphatic hydroxyl groups is 1. The number of nitrogens with one attached hydrogen (secondary N) is 2. The average Bonchev–Trinajstić information content (AvgIpc) is 2.35. The van der Waals surface area contributed by atoms with Crippen LogP contribution < -0.4 is 10.6 Å². The zero-order valence-electron chi connectivity index (χ0n) is 10.7. The number of carbonyl (C=O) groups excluding carboxylic acids is 1. The summed E-state index contributed by atoms with van der Waals surface area (Å²) in [5.74, 6) is -0.146. The molecule has 1 unspecified atom stereocenters. The highest BCUT2D eigenvalue weighted by molar-refractivity contribution is 6.31. The van der Waals surface area contributed by atoms with Crippen molar-refractivity contribution in [3.05, 3.63) is 28.8 Å². The zero-order chi connectivity index (χ0) is 13.5. The molecule has 0 aliphatic rings. The predicted octanol–water partition coefficient (Wildman–Crippen LogP) is 1.95. The van der Waals surface area contributed by atoms with Crippen molar-refractivity contribution in [1.82, 2.24) is 5.32 Å². The third kappa shape index (κ3) is 4.64. The molecule has 1 atom stereocenters. The molecule has 0 fully saturated rings. The van der Waals surface area contributed by atoms with Crippen molar-refractivity contribution in [2.45, 2.75) is 26.3 Å². The van der Waals surface area contributed by atoms with Gasteiger partial charge in [-0.2, -0.15) is 0 Å². The molecule has 0 aromatic heterocycles. The van der Waals surface area contributed by atoms with Crippen LogP contribution in [-0.4, -0.2) is 30.2 Å². The van der Waals surface area contributed by atoms with E-state index in [1.54, 1.807) is 12.1 Å². The number of amides is 1. The van der Waals surface area contributed by atoms with Crippen molar-refractivity contribution in [2.75, 3.05) is 18.5 Å². The summed E-state index contributed by atoms with van der Waals surface area (Å²) >= 11 is 5.87. The molecule has 4 nitrogen and oxygen atoms in total. The van der Waals surface area contributed by atoms with Crippen molar-refractivity contribution < 1.29 is 9.90 Å². The van der Waals surface area contributed by atoms with E-state index in [9.17, 15) is 4.79 Å². The quantitative estimate of drug-likeness (QED) is 0.740. The van der Waals surface area contributed by atoms with Gasteiger partial charge in [-0.1, -0.05) is 24.6 Å². The van der Waals surface area contributed by atoms with Gasteiger partial charge in [-0.25, -0.2) is 0 Å². The lowest BCUT2D eigenvalue weighted by atomic mass is 10.2. The third-order valence-electron chi connectivity index (χ3n) is 2.74. The fraction of sp³-hybridized carbons (Fsp3) is 0.462. The molecule has 18 heavy (non-hydrogen) atoms. The Hall–Kier alpha value is -1.10. The molecule has 3 N–H and O–H groups in total. The molecule has 0 saturated carbocycles. The summed E-state index contributed by atoms with van der Waals surface area (Å²) < 4.78 is 0. The first-order valence-corrected chi connectivity index (χ1v) is 6.34.